The molecule has 1 fully saturated rings. The van der Waals surface area contributed by atoms with Gasteiger partial charge >= 0.3 is 0 Å². The summed E-state index contributed by atoms with van der Waals surface area (Å²) < 4.78 is 27.9. The standard InChI is InChI=1S/C9H12BrNO2S3/c10-8-3-6-15-9(8)16(12,13)11-7-1-4-14-5-2-7/h3,6-7,11H,1-2,4-5H2. The van der Waals surface area contributed by atoms with Crippen molar-refractivity contribution >= 4 is 49.1 Å². The second kappa shape index (κ2) is 5.39. The van der Waals surface area contributed by atoms with Crippen LogP contribution in [0, 0.1) is 0 Å². The first-order valence-corrected chi connectivity index (χ1v) is 9.24. The van der Waals surface area contributed by atoms with Crippen LogP contribution in [0.4, 0.5) is 0 Å². The predicted octanol–water partition coefficient (Wildman–Crippen LogP) is 2.68. The zero-order chi connectivity index (χ0) is 11.6. The van der Waals surface area contributed by atoms with E-state index in [4.69, 9.17) is 0 Å². The van der Waals surface area contributed by atoms with E-state index in [2.05, 4.69) is 20.7 Å². The molecule has 1 N–H and O–H groups in total. The Kier molecular flexibility index (Phi) is 4.34. The molecule has 0 unspecified atom stereocenters. The van der Waals surface area contributed by atoms with Gasteiger partial charge in [-0.1, -0.05) is 0 Å². The van der Waals surface area contributed by atoms with Crippen molar-refractivity contribution in [2.24, 2.45) is 0 Å². The maximum atomic E-state index is 12.0. The maximum Gasteiger partial charge on any atom is 0.251 e. The summed E-state index contributed by atoms with van der Waals surface area (Å²) >= 11 is 6.38. The van der Waals surface area contributed by atoms with Crippen molar-refractivity contribution < 1.29 is 8.42 Å². The number of hydrogen-bond acceptors (Lipinski definition) is 4. The Balaban J connectivity index is 2.11. The van der Waals surface area contributed by atoms with Crippen molar-refractivity contribution in [3.63, 3.8) is 0 Å². The molecular weight excluding hydrogens is 330 g/mol. The highest BCUT2D eigenvalue weighted by Crippen LogP contribution is 2.28. The molecule has 16 heavy (non-hydrogen) atoms. The summed E-state index contributed by atoms with van der Waals surface area (Å²) in [4.78, 5) is 0. The molecular formula is C9H12BrNO2S3. The molecule has 2 rings (SSSR count). The Hall–Kier alpha value is 0.440. The van der Waals surface area contributed by atoms with Crippen LogP contribution >= 0.6 is 39.0 Å². The lowest BCUT2D eigenvalue weighted by atomic mass is 10.2. The van der Waals surface area contributed by atoms with Crippen LogP contribution in [0.5, 0.6) is 0 Å². The molecule has 1 aromatic rings. The van der Waals surface area contributed by atoms with E-state index in [-0.39, 0.29) is 6.04 Å². The lowest BCUT2D eigenvalue weighted by Crippen LogP contribution is -2.37. The molecule has 2 heterocycles. The van der Waals surface area contributed by atoms with Gasteiger partial charge in [0.1, 0.15) is 4.21 Å². The van der Waals surface area contributed by atoms with Crippen molar-refractivity contribution in [2.45, 2.75) is 23.1 Å². The highest BCUT2D eigenvalue weighted by molar-refractivity contribution is 9.10. The number of hydrogen-bond donors (Lipinski definition) is 1. The maximum absolute atomic E-state index is 12.0. The van der Waals surface area contributed by atoms with Gasteiger partial charge in [0.05, 0.1) is 0 Å². The Morgan fingerprint density at radius 2 is 2.06 bits per heavy atom. The molecule has 1 aromatic heterocycles. The van der Waals surface area contributed by atoms with Gasteiger partial charge in [-0.3, -0.25) is 0 Å². The van der Waals surface area contributed by atoms with Gasteiger partial charge in [-0.25, -0.2) is 13.1 Å². The minimum Gasteiger partial charge on any atom is -0.207 e. The van der Waals surface area contributed by atoms with Crippen molar-refractivity contribution in [3.8, 4) is 0 Å². The summed E-state index contributed by atoms with van der Waals surface area (Å²) in [5, 5.41) is 1.77. The van der Waals surface area contributed by atoms with E-state index in [0.717, 1.165) is 24.3 Å². The second-order valence-corrected chi connectivity index (χ2v) is 8.47. The zero-order valence-electron chi connectivity index (χ0n) is 8.48. The molecule has 0 aliphatic carbocycles. The van der Waals surface area contributed by atoms with Gasteiger partial charge in [-0.15, -0.1) is 11.3 Å². The largest absolute Gasteiger partial charge is 0.251 e. The number of thiophene rings is 1. The summed E-state index contributed by atoms with van der Waals surface area (Å²) in [6.45, 7) is 0. The van der Waals surface area contributed by atoms with Gasteiger partial charge in [0.15, 0.2) is 0 Å². The van der Waals surface area contributed by atoms with E-state index in [1.165, 1.54) is 11.3 Å². The highest BCUT2D eigenvalue weighted by Gasteiger charge is 2.24. The average Bonchev–Trinajstić information content (AvgIpc) is 2.66. The van der Waals surface area contributed by atoms with E-state index < -0.39 is 10.0 Å². The van der Waals surface area contributed by atoms with Crippen LogP contribution in [0.25, 0.3) is 0 Å². The monoisotopic (exact) mass is 341 g/mol. The van der Waals surface area contributed by atoms with Crippen LogP contribution < -0.4 is 4.72 Å². The van der Waals surface area contributed by atoms with E-state index in [1.807, 2.05) is 11.8 Å². The smallest absolute Gasteiger partial charge is 0.207 e. The van der Waals surface area contributed by atoms with Crippen LogP contribution in [0.15, 0.2) is 20.1 Å². The average molecular weight is 342 g/mol. The number of nitrogens with one attached hydrogen (secondary N) is 1. The van der Waals surface area contributed by atoms with Gasteiger partial charge in [-0.05, 0) is 51.7 Å². The third-order valence-corrected chi connectivity index (χ3v) is 7.61. The SMILES string of the molecule is O=S(=O)(NC1CCSCC1)c1sccc1Br. The minimum absolute atomic E-state index is 0.0975. The predicted molar refractivity (Wildman–Crippen MR) is 72.7 cm³/mol. The van der Waals surface area contributed by atoms with E-state index in [1.54, 1.807) is 11.4 Å². The fourth-order valence-electron chi connectivity index (χ4n) is 1.56. The van der Waals surface area contributed by atoms with Crippen LogP contribution in [0.2, 0.25) is 0 Å². The van der Waals surface area contributed by atoms with Gasteiger partial charge in [0, 0.05) is 10.5 Å². The van der Waals surface area contributed by atoms with E-state index in [0.29, 0.717) is 8.68 Å². The van der Waals surface area contributed by atoms with Crippen LogP contribution in [-0.2, 0) is 10.0 Å². The summed E-state index contributed by atoms with van der Waals surface area (Å²) in [6, 6.07) is 1.86. The number of rotatable bonds is 3. The van der Waals surface area contributed by atoms with E-state index in [9.17, 15) is 8.42 Å². The first kappa shape index (κ1) is 12.9. The third-order valence-electron chi connectivity index (χ3n) is 2.37. The molecule has 1 saturated heterocycles. The molecule has 0 saturated carbocycles. The first-order chi connectivity index (χ1) is 7.59. The Morgan fingerprint density at radius 1 is 1.38 bits per heavy atom. The first-order valence-electron chi connectivity index (χ1n) is 4.92. The molecule has 1 aliphatic heterocycles. The molecule has 3 nitrogen and oxygen atoms in total. The van der Waals surface area contributed by atoms with Crippen molar-refractivity contribution in [2.75, 3.05) is 11.5 Å². The molecule has 0 spiro atoms. The quantitative estimate of drug-likeness (QED) is 0.919. The fourth-order valence-corrected chi connectivity index (χ4v) is 6.33. The molecule has 0 radical (unpaired) electrons. The van der Waals surface area contributed by atoms with Crippen LogP contribution in [0.3, 0.4) is 0 Å². The Bertz CT molecular complexity index is 451. The normalized spacial score (nSPS) is 18.8. The summed E-state index contributed by atoms with van der Waals surface area (Å²) in [5.74, 6) is 2.08. The third kappa shape index (κ3) is 3.01. The van der Waals surface area contributed by atoms with Crippen LogP contribution in [0.1, 0.15) is 12.8 Å². The fraction of sp³-hybridized carbons (Fsp3) is 0.556. The lowest BCUT2D eigenvalue weighted by molar-refractivity contribution is 0.530. The van der Waals surface area contributed by atoms with Gasteiger partial charge in [0.2, 0.25) is 0 Å². The Labute approximate surface area is 112 Å². The number of sulfonamides is 1. The molecule has 0 bridgehead atoms. The van der Waals surface area contributed by atoms with Gasteiger partial charge in [-0.2, -0.15) is 11.8 Å². The molecule has 0 aromatic carbocycles. The topological polar surface area (TPSA) is 46.2 Å². The molecule has 1 aliphatic rings. The van der Waals surface area contributed by atoms with Crippen molar-refractivity contribution in [3.05, 3.63) is 15.9 Å². The number of halogens is 1. The van der Waals surface area contributed by atoms with Crippen molar-refractivity contribution in [1.82, 2.24) is 4.72 Å². The molecule has 0 amide bonds. The van der Waals surface area contributed by atoms with Crippen LogP contribution in [-0.4, -0.2) is 26.0 Å². The minimum atomic E-state index is -3.33. The summed E-state index contributed by atoms with van der Waals surface area (Å²) in [7, 11) is -3.33. The van der Waals surface area contributed by atoms with Gasteiger partial charge < -0.3 is 0 Å². The Morgan fingerprint density at radius 3 is 2.62 bits per heavy atom. The second-order valence-electron chi connectivity index (χ2n) is 3.56. The molecule has 7 heteroatoms. The van der Waals surface area contributed by atoms with E-state index >= 15 is 0 Å². The molecule has 0 atom stereocenters. The summed E-state index contributed by atoms with van der Waals surface area (Å²) in [6.07, 6.45) is 1.85. The van der Waals surface area contributed by atoms with Crippen molar-refractivity contribution in [1.29, 1.82) is 0 Å². The number of thioether (sulfide) groups is 1. The van der Waals surface area contributed by atoms with Gasteiger partial charge in [0.25, 0.3) is 10.0 Å². The summed E-state index contributed by atoms with van der Waals surface area (Å²) in [5.41, 5.74) is 0. The molecule has 90 valence electrons. The zero-order valence-corrected chi connectivity index (χ0v) is 12.5. The lowest BCUT2D eigenvalue weighted by Gasteiger charge is -2.22. The highest BCUT2D eigenvalue weighted by atomic mass is 79.9.